The Labute approximate surface area is 185 Å². The molecule has 4 rings (SSSR count). The average Bonchev–Trinajstić information content (AvgIpc) is 3.30. The minimum Gasteiger partial charge on any atom is -0.483 e. The molecule has 1 atom stereocenters. The zero-order valence-electron chi connectivity index (χ0n) is 17.7. The Hall–Kier alpha value is -4.00. The van der Waals surface area contributed by atoms with E-state index in [9.17, 15) is 9.18 Å². The number of rotatable bonds is 7. The van der Waals surface area contributed by atoms with Gasteiger partial charge in [0.25, 0.3) is 5.91 Å². The van der Waals surface area contributed by atoms with Gasteiger partial charge in [0.1, 0.15) is 17.6 Å². The highest BCUT2D eigenvalue weighted by molar-refractivity contribution is 5.78. The van der Waals surface area contributed by atoms with E-state index in [-0.39, 0.29) is 24.2 Å². The molecular weight excluding hydrogens is 409 g/mol. The topological polar surface area (TPSA) is 77.2 Å². The Morgan fingerprint density at radius 3 is 2.50 bits per heavy atom. The van der Waals surface area contributed by atoms with Gasteiger partial charge < -0.3 is 14.5 Å². The van der Waals surface area contributed by atoms with Crippen LogP contribution in [0.15, 0.2) is 77.2 Å². The fourth-order valence-electron chi connectivity index (χ4n) is 3.22. The Morgan fingerprint density at radius 1 is 1.00 bits per heavy atom. The lowest BCUT2D eigenvalue weighted by atomic mass is 10.1. The standard InChI is InChI=1S/C25H22FN3O3/c1-16-7-6-10-21(17(16)2)31-15-22(30)27-23(18-11-13-20(26)14-12-18)25-29-28-24(32-25)19-8-4-3-5-9-19/h3-14,23H,15H2,1-2H3,(H,27,30)/t23-/m0/s1. The van der Waals surface area contributed by atoms with E-state index in [1.807, 2.05) is 62.4 Å². The monoisotopic (exact) mass is 431 g/mol. The summed E-state index contributed by atoms with van der Waals surface area (Å²) in [6, 6.07) is 20.0. The van der Waals surface area contributed by atoms with Gasteiger partial charge in [-0.05, 0) is 60.9 Å². The van der Waals surface area contributed by atoms with Gasteiger partial charge in [0.05, 0.1) is 0 Å². The van der Waals surface area contributed by atoms with Gasteiger partial charge in [0.2, 0.25) is 11.8 Å². The molecule has 1 aromatic heterocycles. The van der Waals surface area contributed by atoms with Crippen molar-refractivity contribution in [3.8, 4) is 17.2 Å². The highest BCUT2D eigenvalue weighted by Crippen LogP contribution is 2.25. The highest BCUT2D eigenvalue weighted by Gasteiger charge is 2.24. The molecule has 0 aliphatic heterocycles. The van der Waals surface area contributed by atoms with E-state index in [4.69, 9.17) is 9.15 Å². The predicted molar refractivity (Wildman–Crippen MR) is 118 cm³/mol. The van der Waals surface area contributed by atoms with Gasteiger partial charge in [0, 0.05) is 5.56 Å². The minimum atomic E-state index is -0.754. The summed E-state index contributed by atoms with van der Waals surface area (Å²) in [5.41, 5.74) is 3.41. The van der Waals surface area contributed by atoms with E-state index in [2.05, 4.69) is 15.5 Å². The molecule has 162 valence electrons. The molecule has 0 saturated carbocycles. The van der Waals surface area contributed by atoms with Crippen LogP contribution < -0.4 is 10.1 Å². The van der Waals surface area contributed by atoms with E-state index in [1.165, 1.54) is 12.1 Å². The van der Waals surface area contributed by atoms with E-state index < -0.39 is 6.04 Å². The molecule has 3 aromatic carbocycles. The smallest absolute Gasteiger partial charge is 0.258 e. The number of carbonyl (C=O) groups is 1. The largest absolute Gasteiger partial charge is 0.483 e. The van der Waals surface area contributed by atoms with Crippen molar-refractivity contribution in [2.24, 2.45) is 0 Å². The fraction of sp³-hybridized carbons (Fsp3) is 0.160. The molecule has 0 aliphatic rings. The number of halogens is 1. The van der Waals surface area contributed by atoms with Crippen molar-refractivity contribution in [1.29, 1.82) is 0 Å². The maximum Gasteiger partial charge on any atom is 0.258 e. The van der Waals surface area contributed by atoms with E-state index >= 15 is 0 Å². The quantitative estimate of drug-likeness (QED) is 0.456. The van der Waals surface area contributed by atoms with Crippen molar-refractivity contribution in [2.45, 2.75) is 19.9 Å². The lowest BCUT2D eigenvalue weighted by molar-refractivity contribution is -0.123. The number of ether oxygens (including phenoxy) is 1. The summed E-state index contributed by atoms with van der Waals surface area (Å²) in [7, 11) is 0. The summed E-state index contributed by atoms with van der Waals surface area (Å²) in [6.45, 7) is 3.72. The molecule has 0 radical (unpaired) electrons. The van der Waals surface area contributed by atoms with Gasteiger partial charge >= 0.3 is 0 Å². The number of hydrogen-bond acceptors (Lipinski definition) is 5. The van der Waals surface area contributed by atoms with Gasteiger partial charge in [-0.25, -0.2) is 4.39 Å². The third-order valence-electron chi connectivity index (χ3n) is 5.13. The Bertz CT molecular complexity index is 1210. The van der Waals surface area contributed by atoms with Crippen LogP contribution in [0.1, 0.15) is 28.6 Å². The first-order valence-electron chi connectivity index (χ1n) is 10.1. The minimum absolute atomic E-state index is 0.190. The normalized spacial score (nSPS) is 11.7. The summed E-state index contributed by atoms with van der Waals surface area (Å²) in [5, 5.41) is 11.1. The zero-order valence-corrected chi connectivity index (χ0v) is 17.7. The Kier molecular flexibility index (Phi) is 6.26. The van der Waals surface area contributed by atoms with Crippen LogP contribution in [0.4, 0.5) is 4.39 Å². The number of aromatic nitrogens is 2. The van der Waals surface area contributed by atoms with Crippen LogP contribution in [0.25, 0.3) is 11.5 Å². The SMILES string of the molecule is Cc1cccc(OCC(=O)N[C@@H](c2ccc(F)cc2)c2nnc(-c3ccccc3)o2)c1C. The summed E-state index contributed by atoms with van der Waals surface area (Å²) >= 11 is 0. The summed E-state index contributed by atoms with van der Waals surface area (Å²) < 4.78 is 25.0. The van der Waals surface area contributed by atoms with Crippen molar-refractivity contribution in [3.05, 3.63) is 101 Å². The van der Waals surface area contributed by atoms with E-state index in [0.717, 1.165) is 16.7 Å². The zero-order chi connectivity index (χ0) is 22.5. The average molecular weight is 431 g/mol. The van der Waals surface area contributed by atoms with Gasteiger partial charge in [-0.3, -0.25) is 4.79 Å². The van der Waals surface area contributed by atoms with E-state index in [1.54, 1.807) is 12.1 Å². The fourth-order valence-corrected chi connectivity index (χ4v) is 3.22. The van der Waals surface area contributed by atoms with Crippen LogP contribution in [0, 0.1) is 19.7 Å². The molecule has 0 unspecified atom stereocenters. The van der Waals surface area contributed by atoms with Gasteiger partial charge in [0.15, 0.2) is 6.61 Å². The lowest BCUT2D eigenvalue weighted by Gasteiger charge is -2.17. The van der Waals surface area contributed by atoms with Gasteiger partial charge in [-0.1, -0.05) is 42.5 Å². The Balaban J connectivity index is 1.55. The second-order valence-corrected chi connectivity index (χ2v) is 7.35. The maximum absolute atomic E-state index is 13.5. The van der Waals surface area contributed by atoms with Crippen LogP contribution >= 0.6 is 0 Å². The molecule has 32 heavy (non-hydrogen) atoms. The summed E-state index contributed by atoms with van der Waals surface area (Å²) in [5.74, 6) is 0.402. The predicted octanol–water partition coefficient (Wildman–Crippen LogP) is 4.78. The number of hydrogen-bond donors (Lipinski definition) is 1. The first kappa shape index (κ1) is 21.2. The van der Waals surface area contributed by atoms with Crippen molar-refractivity contribution in [2.75, 3.05) is 6.61 Å². The first-order valence-corrected chi connectivity index (χ1v) is 10.1. The summed E-state index contributed by atoms with van der Waals surface area (Å²) in [4.78, 5) is 12.7. The molecule has 0 spiro atoms. The second-order valence-electron chi connectivity index (χ2n) is 7.35. The molecule has 7 heteroatoms. The third-order valence-corrected chi connectivity index (χ3v) is 5.13. The van der Waals surface area contributed by atoms with Crippen LogP contribution in [-0.4, -0.2) is 22.7 Å². The molecule has 1 amide bonds. The number of carbonyl (C=O) groups excluding carboxylic acids is 1. The number of nitrogens with one attached hydrogen (secondary N) is 1. The molecule has 0 fully saturated rings. The van der Waals surface area contributed by atoms with Crippen LogP contribution in [-0.2, 0) is 4.79 Å². The molecular formula is C25H22FN3O3. The molecule has 6 nitrogen and oxygen atoms in total. The van der Waals surface area contributed by atoms with Gasteiger partial charge in [-0.15, -0.1) is 10.2 Å². The number of amides is 1. The molecule has 1 N–H and O–H groups in total. The molecule has 0 saturated heterocycles. The van der Waals surface area contributed by atoms with E-state index in [0.29, 0.717) is 17.2 Å². The summed E-state index contributed by atoms with van der Waals surface area (Å²) in [6.07, 6.45) is 0. The second kappa shape index (κ2) is 9.43. The van der Waals surface area contributed by atoms with Gasteiger partial charge in [-0.2, -0.15) is 0 Å². The number of benzene rings is 3. The third kappa shape index (κ3) is 4.83. The van der Waals surface area contributed by atoms with Crippen molar-refractivity contribution in [3.63, 3.8) is 0 Å². The van der Waals surface area contributed by atoms with Crippen molar-refractivity contribution in [1.82, 2.24) is 15.5 Å². The molecule has 0 bridgehead atoms. The molecule has 1 heterocycles. The van der Waals surface area contributed by atoms with Crippen molar-refractivity contribution >= 4 is 5.91 Å². The van der Waals surface area contributed by atoms with Crippen molar-refractivity contribution < 1.29 is 18.3 Å². The Morgan fingerprint density at radius 2 is 1.75 bits per heavy atom. The molecule has 4 aromatic rings. The highest BCUT2D eigenvalue weighted by atomic mass is 19.1. The first-order chi connectivity index (χ1) is 15.5. The van der Waals surface area contributed by atoms with Crippen LogP contribution in [0.3, 0.4) is 0 Å². The lowest BCUT2D eigenvalue weighted by Crippen LogP contribution is -2.33. The maximum atomic E-state index is 13.5. The number of nitrogens with zero attached hydrogens (tertiary/aromatic N) is 2. The number of aryl methyl sites for hydroxylation is 1. The van der Waals surface area contributed by atoms with Crippen LogP contribution in [0.5, 0.6) is 5.75 Å². The van der Waals surface area contributed by atoms with Crippen LogP contribution in [0.2, 0.25) is 0 Å². The molecule has 0 aliphatic carbocycles.